The molecule has 0 aliphatic rings. The number of rotatable bonds is 14. The molecule has 0 saturated carbocycles. The number of carbonyl (C=O) groups is 2. The van der Waals surface area contributed by atoms with Gasteiger partial charge in [0, 0.05) is 36.8 Å². The number of nitrogens with one attached hydrogen (secondary N) is 3. The summed E-state index contributed by atoms with van der Waals surface area (Å²) >= 11 is 0. The van der Waals surface area contributed by atoms with Crippen molar-refractivity contribution >= 4 is 39.5 Å². The monoisotopic (exact) mass is 724 g/mol. The van der Waals surface area contributed by atoms with Crippen molar-refractivity contribution in [3.05, 3.63) is 65.1 Å². The number of imidazole rings is 1. The fraction of sp³-hybridized carbons (Fsp3) is 0.500. The van der Waals surface area contributed by atoms with Crippen LogP contribution in [0.3, 0.4) is 0 Å². The maximum atomic E-state index is 15.1. The third kappa shape index (κ3) is 15.2. The van der Waals surface area contributed by atoms with E-state index < -0.39 is 35.3 Å². The number of aldehydes is 1. The Bertz CT molecular complexity index is 1650. The zero-order valence-corrected chi connectivity index (χ0v) is 31.6. The summed E-state index contributed by atoms with van der Waals surface area (Å²) < 4.78 is 47.5. The Balaban J connectivity index is 0.000000968. The quantitative estimate of drug-likeness (QED) is 0.0480. The Morgan fingerprint density at radius 3 is 2.25 bits per heavy atom. The molecule has 0 fully saturated rings. The SMILES string of the molecule is CC(C)(C)OC(=O)O.NCC=O.[B]C([B])NCc1cnc2ccc(-c3ccc(F)c(F)c3OCCC(C(=N)C(OCNC)C(C)(C)C)=C(C)C)cn12. The highest BCUT2D eigenvalue weighted by molar-refractivity contribution is 6.35. The number of halogens is 2. The van der Waals surface area contributed by atoms with Crippen LogP contribution in [-0.2, 0) is 20.8 Å². The van der Waals surface area contributed by atoms with Crippen molar-refractivity contribution in [3.8, 4) is 16.9 Å². The van der Waals surface area contributed by atoms with Crippen LogP contribution in [0.5, 0.6) is 5.75 Å². The van der Waals surface area contributed by atoms with Crippen molar-refractivity contribution in [3.63, 3.8) is 0 Å². The average molecular weight is 724 g/mol. The van der Waals surface area contributed by atoms with Gasteiger partial charge in [-0.15, -0.1) is 0 Å². The van der Waals surface area contributed by atoms with Crippen LogP contribution in [0.2, 0.25) is 0 Å². The maximum Gasteiger partial charge on any atom is 0.506 e. The summed E-state index contributed by atoms with van der Waals surface area (Å²) in [5, 5.41) is 22.8. The van der Waals surface area contributed by atoms with E-state index in [1.54, 1.807) is 52.3 Å². The lowest BCUT2D eigenvalue weighted by molar-refractivity contribution is -0.106. The summed E-state index contributed by atoms with van der Waals surface area (Å²) in [5.74, 6) is -2.96. The number of nitrogens with zero attached hydrogens (tertiary/aromatic N) is 2. The Kier molecular flexibility index (Phi) is 18.9. The zero-order chi connectivity index (χ0) is 39.8. The summed E-state index contributed by atoms with van der Waals surface area (Å²) in [5.41, 5.74) is 8.26. The van der Waals surface area contributed by atoms with Crippen molar-refractivity contribution in [2.24, 2.45) is 11.1 Å². The van der Waals surface area contributed by atoms with Crippen molar-refractivity contribution in [2.75, 3.05) is 26.9 Å². The number of fused-ring (bicyclic) bond motifs is 1. The van der Waals surface area contributed by atoms with E-state index in [1.165, 1.54) is 6.07 Å². The summed E-state index contributed by atoms with van der Waals surface area (Å²) in [6, 6.07) is 6.13. The molecule has 0 aliphatic carbocycles. The summed E-state index contributed by atoms with van der Waals surface area (Å²) in [6.07, 6.45) is 2.76. The topological polar surface area (TPSA) is 173 Å². The summed E-state index contributed by atoms with van der Waals surface area (Å²) in [7, 11) is 13.0. The number of pyridine rings is 1. The van der Waals surface area contributed by atoms with Crippen LogP contribution in [-0.4, -0.2) is 92.8 Å². The molecule has 0 saturated heterocycles. The van der Waals surface area contributed by atoms with E-state index in [0.717, 1.165) is 22.9 Å². The number of allylic oxidation sites excluding steroid dienone is 1. The molecule has 0 aliphatic heterocycles. The van der Waals surface area contributed by atoms with E-state index in [1.807, 2.05) is 39.0 Å². The molecule has 4 radical (unpaired) electrons. The molecule has 0 spiro atoms. The minimum absolute atomic E-state index is 0.0377. The minimum Gasteiger partial charge on any atom is -0.489 e. The van der Waals surface area contributed by atoms with Crippen molar-refractivity contribution in [1.29, 1.82) is 5.41 Å². The van der Waals surface area contributed by atoms with Gasteiger partial charge in [0.05, 0.1) is 46.6 Å². The van der Waals surface area contributed by atoms with Gasteiger partial charge in [-0.1, -0.05) is 32.2 Å². The van der Waals surface area contributed by atoms with Crippen LogP contribution in [0.4, 0.5) is 13.6 Å². The molecule has 1 atom stereocenters. The first-order valence-corrected chi connectivity index (χ1v) is 16.6. The average Bonchev–Trinajstić information content (AvgIpc) is 3.44. The highest BCUT2D eigenvalue weighted by atomic mass is 19.2. The zero-order valence-electron chi connectivity index (χ0n) is 31.6. The largest absolute Gasteiger partial charge is 0.506 e. The van der Waals surface area contributed by atoms with Crippen LogP contribution in [0.1, 0.15) is 67.5 Å². The number of nitrogens with two attached hydrogens (primary N) is 1. The first kappa shape index (κ1) is 45.9. The van der Waals surface area contributed by atoms with Gasteiger partial charge in [0.2, 0.25) is 5.82 Å². The highest BCUT2D eigenvalue weighted by Gasteiger charge is 2.31. The van der Waals surface area contributed by atoms with Crippen molar-refractivity contribution in [2.45, 2.75) is 85.9 Å². The number of benzene rings is 1. The molecule has 12 nitrogen and oxygen atoms in total. The van der Waals surface area contributed by atoms with Gasteiger partial charge in [-0.25, -0.2) is 14.2 Å². The number of ether oxygens (including phenoxy) is 3. The fourth-order valence-electron chi connectivity index (χ4n) is 4.71. The second kappa shape index (κ2) is 21.4. The second-order valence-corrected chi connectivity index (χ2v) is 13.8. The van der Waals surface area contributed by atoms with Gasteiger partial charge < -0.3 is 45.0 Å². The molecule has 16 heteroatoms. The Morgan fingerprint density at radius 1 is 1.13 bits per heavy atom. The smallest absolute Gasteiger partial charge is 0.489 e. The molecule has 6 N–H and O–H groups in total. The Labute approximate surface area is 308 Å². The van der Waals surface area contributed by atoms with Gasteiger partial charge in [0.15, 0.2) is 11.6 Å². The molecule has 1 aromatic carbocycles. The van der Waals surface area contributed by atoms with E-state index in [9.17, 15) is 9.18 Å². The van der Waals surface area contributed by atoms with Gasteiger partial charge in [-0.2, -0.15) is 4.39 Å². The lowest BCUT2D eigenvalue weighted by atomic mass is 9.79. The molecule has 1 unspecified atom stereocenters. The number of carbonyl (C=O) groups excluding carboxylic acids is 1. The molecule has 0 amide bonds. The van der Waals surface area contributed by atoms with Crippen LogP contribution in [0.25, 0.3) is 16.8 Å². The standard InChI is InChI=1S/C29H37B2F2N5O2.C5H10O3.C2H5NO/c1-17(2)20(25(34)27(29(3,4)5)40-16-35-6)11-12-39-26-21(8-9-22(32)24(26)33)18-7-10-23-36-13-19(38(23)15-18)14-37-28(30)31;1-5(2,3)8-4(6)7;3-1-2-4/h7-10,13,15,27-28,34-35,37H,11-12,14,16H2,1-6H3;1-3H3,(H,6,7);2H,1,3H2. The van der Waals surface area contributed by atoms with Crippen LogP contribution in [0.15, 0.2) is 47.8 Å². The molecule has 3 rings (SSSR count). The molecule has 282 valence electrons. The molecule has 3 aromatic rings. The number of hydrogen-bond donors (Lipinski definition) is 5. The van der Waals surface area contributed by atoms with E-state index in [-0.39, 0.29) is 24.3 Å². The normalized spacial score (nSPS) is 11.9. The van der Waals surface area contributed by atoms with Gasteiger partial charge in [-0.05, 0) is 76.9 Å². The predicted octanol–water partition coefficient (Wildman–Crippen LogP) is 5.35. The van der Waals surface area contributed by atoms with E-state index >= 15 is 4.39 Å². The van der Waals surface area contributed by atoms with Gasteiger partial charge in [0.25, 0.3) is 0 Å². The van der Waals surface area contributed by atoms with Gasteiger partial charge in [0.1, 0.15) is 23.6 Å². The highest BCUT2D eigenvalue weighted by Crippen LogP contribution is 2.35. The van der Waals surface area contributed by atoms with E-state index in [2.05, 4.69) is 26.1 Å². The fourth-order valence-corrected chi connectivity index (χ4v) is 4.71. The number of carboxylic acid groups (broad SMARTS) is 1. The first-order chi connectivity index (χ1) is 24.2. The molecular formula is C36H52B2F2N6O6. The van der Waals surface area contributed by atoms with Gasteiger partial charge >= 0.3 is 6.16 Å². The third-order valence-corrected chi connectivity index (χ3v) is 6.92. The molecule has 52 heavy (non-hydrogen) atoms. The maximum absolute atomic E-state index is 15.1. The summed E-state index contributed by atoms with van der Waals surface area (Å²) in [6.45, 7) is 15.8. The Hall–Kier alpha value is -4.11. The summed E-state index contributed by atoms with van der Waals surface area (Å²) in [4.78, 5) is 23.2. The van der Waals surface area contributed by atoms with Crippen LogP contribution < -0.4 is 21.1 Å². The number of hydrogen-bond acceptors (Lipinski definition) is 10. The van der Waals surface area contributed by atoms with E-state index in [0.29, 0.717) is 48.5 Å². The lowest BCUT2D eigenvalue weighted by Gasteiger charge is -2.32. The van der Waals surface area contributed by atoms with Crippen molar-refractivity contribution in [1.82, 2.24) is 20.0 Å². The van der Waals surface area contributed by atoms with Crippen molar-refractivity contribution < 1.29 is 37.7 Å². The van der Waals surface area contributed by atoms with Crippen LogP contribution >= 0.6 is 0 Å². The third-order valence-electron chi connectivity index (χ3n) is 6.92. The molecular weight excluding hydrogens is 672 g/mol. The molecule has 2 heterocycles. The van der Waals surface area contributed by atoms with E-state index in [4.69, 9.17) is 40.5 Å². The minimum atomic E-state index is -1.22. The molecule has 2 aromatic heterocycles. The van der Waals surface area contributed by atoms with Gasteiger partial charge in [-0.3, -0.25) is 5.32 Å². The van der Waals surface area contributed by atoms with Crippen LogP contribution in [0, 0.1) is 22.5 Å². The first-order valence-electron chi connectivity index (χ1n) is 16.6. The molecule has 0 bridgehead atoms. The number of aromatic nitrogens is 2. The Morgan fingerprint density at radius 2 is 1.77 bits per heavy atom. The predicted molar refractivity (Wildman–Crippen MR) is 201 cm³/mol. The second-order valence-electron chi connectivity index (χ2n) is 13.8. The lowest BCUT2D eigenvalue weighted by Crippen LogP contribution is -2.40.